The highest BCUT2D eigenvalue weighted by molar-refractivity contribution is 5.99. The monoisotopic (exact) mass is 170 g/mol. The van der Waals surface area contributed by atoms with Gasteiger partial charge in [0.15, 0.2) is 0 Å². The lowest BCUT2D eigenvalue weighted by molar-refractivity contribution is -0.151. The maximum Gasteiger partial charge on any atom is 0.316 e. The van der Waals surface area contributed by atoms with Gasteiger partial charge in [-0.1, -0.05) is 6.92 Å². The van der Waals surface area contributed by atoms with Crippen LogP contribution in [0.4, 0.5) is 0 Å². The van der Waals surface area contributed by atoms with Gasteiger partial charge in [0.1, 0.15) is 11.7 Å². The summed E-state index contributed by atoms with van der Waals surface area (Å²) in [5.41, 5.74) is 0. The van der Waals surface area contributed by atoms with Gasteiger partial charge in [-0.05, 0) is 18.8 Å². The van der Waals surface area contributed by atoms with Crippen LogP contribution in [0.25, 0.3) is 0 Å². The standard InChI is InChI=1S/C9H14O3/c1-6-3-4-7(8(10)5-6)9(11)12-2/h6-7H,3-5H2,1-2H3/t6-,7-/m1/s1. The summed E-state index contributed by atoms with van der Waals surface area (Å²) >= 11 is 0. The van der Waals surface area contributed by atoms with E-state index in [2.05, 4.69) is 4.74 Å². The molecule has 0 aromatic rings. The fourth-order valence-electron chi connectivity index (χ4n) is 1.59. The van der Waals surface area contributed by atoms with Crippen molar-refractivity contribution in [2.24, 2.45) is 11.8 Å². The smallest absolute Gasteiger partial charge is 0.316 e. The van der Waals surface area contributed by atoms with E-state index in [1.807, 2.05) is 6.92 Å². The molecule has 0 heterocycles. The average Bonchev–Trinajstić information content (AvgIpc) is 2.03. The van der Waals surface area contributed by atoms with Crippen molar-refractivity contribution < 1.29 is 14.3 Å². The molecule has 1 fully saturated rings. The fraction of sp³-hybridized carbons (Fsp3) is 0.778. The maximum atomic E-state index is 11.3. The van der Waals surface area contributed by atoms with Crippen molar-refractivity contribution in [3.05, 3.63) is 0 Å². The predicted octanol–water partition coefficient (Wildman–Crippen LogP) is 1.16. The van der Waals surface area contributed by atoms with Crippen molar-refractivity contribution in [1.29, 1.82) is 0 Å². The number of ether oxygens (including phenoxy) is 1. The van der Waals surface area contributed by atoms with Gasteiger partial charge in [0.25, 0.3) is 0 Å². The third-order valence-corrected chi connectivity index (χ3v) is 2.37. The fourth-order valence-corrected chi connectivity index (χ4v) is 1.59. The molecule has 0 aliphatic heterocycles. The molecule has 0 saturated heterocycles. The SMILES string of the molecule is COC(=O)[C@@H]1CC[C@@H](C)CC1=O. The molecule has 3 heteroatoms. The first-order chi connectivity index (χ1) is 5.65. The minimum Gasteiger partial charge on any atom is -0.468 e. The number of carbonyl (C=O) groups is 2. The topological polar surface area (TPSA) is 43.4 Å². The number of methoxy groups -OCH3 is 1. The molecule has 68 valence electrons. The zero-order chi connectivity index (χ0) is 9.14. The lowest BCUT2D eigenvalue weighted by Gasteiger charge is -2.22. The molecule has 12 heavy (non-hydrogen) atoms. The Labute approximate surface area is 72.1 Å². The number of ketones is 1. The van der Waals surface area contributed by atoms with Gasteiger partial charge in [0.05, 0.1) is 7.11 Å². The van der Waals surface area contributed by atoms with E-state index in [1.54, 1.807) is 0 Å². The number of Topliss-reactive ketones (excluding diaryl/α,β-unsaturated/α-hetero) is 1. The van der Waals surface area contributed by atoms with E-state index >= 15 is 0 Å². The van der Waals surface area contributed by atoms with E-state index in [0.29, 0.717) is 18.8 Å². The van der Waals surface area contributed by atoms with Crippen LogP contribution in [-0.4, -0.2) is 18.9 Å². The van der Waals surface area contributed by atoms with Crippen LogP contribution in [0.1, 0.15) is 26.2 Å². The normalized spacial score (nSPS) is 30.0. The summed E-state index contributed by atoms with van der Waals surface area (Å²) in [5, 5.41) is 0. The number of esters is 1. The number of rotatable bonds is 1. The summed E-state index contributed by atoms with van der Waals surface area (Å²) in [4.78, 5) is 22.3. The first-order valence-corrected chi connectivity index (χ1v) is 4.25. The first-order valence-electron chi connectivity index (χ1n) is 4.25. The van der Waals surface area contributed by atoms with Crippen LogP contribution in [0.5, 0.6) is 0 Å². The maximum absolute atomic E-state index is 11.3. The Morgan fingerprint density at radius 2 is 2.17 bits per heavy atom. The Balaban J connectivity index is 2.56. The van der Waals surface area contributed by atoms with E-state index in [0.717, 1.165) is 6.42 Å². The lowest BCUT2D eigenvalue weighted by atomic mass is 9.82. The first kappa shape index (κ1) is 9.23. The highest BCUT2D eigenvalue weighted by Crippen LogP contribution is 2.26. The van der Waals surface area contributed by atoms with Crippen molar-refractivity contribution in [2.45, 2.75) is 26.2 Å². The molecule has 0 bridgehead atoms. The van der Waals surface area contributed by atoms with Crippen LogP contribution in [0.3, 0.4) is 0 Å². The Bertz CT molecular complexity index is 198. The van der Waals surface area contributed by atoms with Crippen LogP contribution < -0.4 is 0 Å². The summed E-state index contributed by atoms with van der Waals surface area (Å²) in [7, 11) is 1.33. The minimum absolute atomic E-state index is 0.0422. The molecule has 1 aliphatic carbocycles. The second kappa shape index (κ2) is 3.70. The summed E-state index contributed by atoms with van der Waals surface area (Å²) in [5.74, 6) is -0.378. The Morgan fingerprint density at radius 3 is 2.67 bits per heavy atom. The summed E-state index contributed by atoms with van der Waals surface area (Å²) in [6, 6.07) is 0. The quantitative estimate of drug-likeness (QED) is 0.438. The van der Waals surface area contributed by atoms with Crippen molar-refractivity contribution in [2.75, 3.05) is 7.11 Å². The van der Waals surface area contributed by atoms with E-state index in [-0.39, 0.29) is 11.8 Å². The zero-order valence-corrected chi connectivity index (χ0v) is 7.50. The molecule has 0 aromatic carbocycles. The average molecular weight is 170 g/mol. The largest absolute Gasteiger partial charge is 0.468 e. The zero-order valence-electron chi connectivity index (χ0n) is 7.50. The van der Waals surface area contributed by atoms with Crippen molar-refractivity contribution in [3.63, 3.8) is 0 Å². The number of hydrogen-bond donors (Lipinski definition) is 0. The van der Waals surface area contributed by atoms with E-state index in [9.17, 15) is 9.59 Å². The van der Waals surface area contributed by atoms with E-state index < -0.39 is 5.92 Å². The second-order valence-electron chi connectivity index (χ2n) is 3.43. The molecular weight excluding hydrogens is 156 g/mol. The minimum atomic E-state index is -0.480. The molecule has 1 saturated carbocycles. The number of hydrogen-bond acceptors (Lipinski definition) is 3. The van der Waals surface area contributed by atoms with Crippen molar-refractivity contribution in [1.82, 2.24) is 0 Å². The van der Waals surface area contributed by atoms with Crippen LogP contribution in [-0.2, 0) is 14.3 Å². The predicted molar refractivity (Wildman–Crippen MR) is 43.5 cm³/mol. The second-order valence-corrected chi connectivity index (χ2v) is 3.43. The Morgan fingerprint density at radius 1 is 1.50 bits per heavy atom. The van der Waals surface area contributed by atoms with Gasteiger partial charge >= 0.3 is 5.97 Å². The number of carbonyl (C=O) groups excluding carboxylic acids is 2. The molecule has 1 aliphatic rings. The van der Waals surface area contributed by atoms with Crippen LogP contribution >= 0.6 is 0 Å². The Hall–Kier alpha value is -0.860. The van der Waals surface area contributed by atoms with Gasteiger partial charge in [0.2, 0.25) is 0 Å². The van der Waals surface area contributed by atoms with Crippen LogP contribution in [0.2, 0.25) is 0 Å². The molecule has 0 amide bonds. The van der Waals surface area contributed by atoms with Gasteiger partial charge in [-0.2, -0.15) is 0 Å². The molecule has 0 radical (unpaired) electrons. The van der Waals surface area contributed by atoms with Gasteiger partial charge in [-0.25, -0.2) is 0 Å². The summed E-state index contributed by atoms with van der Waals surface area (Å²) in [6.07, 6.45) is 2.14. The highest BCUT2D eigenvalue weighted by Gasteiger charge is 2.32. The van der Waals surface area contributed by atoms with Gasteiger partial charge in [-0.3, -0.25) is 9.59 Å². The van der Waals surface area contributed by atoms with E-state index in [1.165, 1.54) is 7.11 Å². The highest BCUT2D eigenvalue weighted by atomic mass is 16.5. The lowest BCUT2D eigenvalue weighted by Crippen LogP contribution is -2.30. The summed E-state index contributed by atoms with van der Waals surface area (Å²) < 4.78 is 4.54. The molecule has 0 spiro atoms. The van der Waals surface area contributed by atoms with Crippen molar-refractivity contribution >= 4 is 11.8 Å². The molecule has 0 unspecified atom stereocenters. The van der Waals surface area contributed by atoms with Crippen molar-refractivity contribution in [3.8, 4) is 0 Å². The van der Waals surface area contributed by atoms with E-state index in [4.69, 9.17) is 0 Å². The molecule has 2 atom stereocenters. The van der Waals surface area contributed by atoms with Crippen LogP contribution in [0, 0.1) is 11.8 Å². The third-order valence-electron chi connectivity index (χ3n) is 2.37. The van der Waals surface area contributed by atoms with Gasteiger partial charge in [0, 0.05) is 6.42 Å². The Kier molecular flexibility index (Phi) is 2.84. The third kappa shape index (κ3) is 1.84. The molecule has 3 nitrogen and oxygen atoms in total. The molecule has 1 rings (SSSR count). The van der Waals surface area contributed by atoms with Gasteiger partial charge in [-0.15, -0.1) is 0 Å². The van der Waals surface area contributed by atoms with Gasteiger partial charge < -0.3 is 4.74 Å². The molecule has 0 aromatic heterocycles. The molecule has 0 N–H and O–H groups in total. The summed E-state index contributed by atoms with van der Waals surface area (Å²) in [6.45, 7) is 2.03. The van der Waals surface area contributed by atoms with Crippen LogP contribution in [0.15, 0.2) is 0 Å². The molecular formula is C9H14O3.